The lowest BCUT2D eigenvalue weighted by atomic mass is 10.4. The van der Waals surface area contributed by atoms with Crippen LogP contribution in [0.3, 0.4) is 0 Å². The third-order valence-corrected chi connectivity index (χ3v) is 6.60. The highest BCUT2D eigenvalue weighted by Gasteiger charge is 2.15. The van der Waals surface area contributed by atoms with Crippen molar-refractivity contribution in [2.24, 2.45) is 5.73 Å². The first kappa shape index (κ1) is 35.8. The molecule has 15 nitrogen and oxygen atoms in total. The average molecular weight is 696 g/mol. The summed E-state index contributed by atoms with van der Waals surface area (Å²) in [5, 5.41) is 15.7. The van der Waals surface area contributed by atoms with Gasteiger partial charge in [0.2, 0.25) is 17.8 Å². The van der Waals surface area contributed by atoms with Crippen molar-refractivity contribution < 1.29 is 25.1 Å². The molecular formula is C28H41BrFN11O4. The van der Waals surface area contributed by atoms with E-state index in [1.807, 2.05) is 23.1 Å². The molecule has 0 amide bonds. The van der Waals surface area contributed by atoms with Crippen LogP contribution in [0.2, 0.25) is 0 Å². The molecule has 0 aliphatic carbocycles. The second kappa shape index (κ2) is 22.8. The highest BCUT2D eigenvalue weighted by Crippen LogP contribution is 2.13. The van der Waals surface area contributed by atoms with Crippen molar-refractivity contribution in [1.82, 2.24) is 29.9 Å². The molecule has 3 aliphatic heterocycles. The number of morpholine rings is 3. The molecule has 0 spiro atoms. The van der Waals surface area contributed by atoms with Crippen molar-refractivity contribution >= 4 is 33.8 Å². The van der Waals surface area contributed by atoms with Gasteiger partial charge >= 0.3 is 0 Å². The maximum absolute atomic E-state index is 9.96. The van der Waals surface area contributed by atoms with E-state index < -0.39 is 7.15 Å². The molecule has 6 heterocycles. The number of aromatic nitrogens is 6. The van der Waals surface area contributed by atoms with Gasteiger partial charge in [0.15, 0.2) is 0 Å². The lowest BCUT2D eigenvalue weighted by Crippen LogP contribution is -2.37. The number of aliphatic hydroxyl groups is 1. The normalized spacial score (nSPS) is 16.0. The Morgan fingerprint density at radius 3 is 1.62 bits per heavy atom. The van der Waals surface area contributed by atoms with Crippen LogP contribution >= 0.6 is 15.9 Å². The molecule has 3 N–H and O–H groups in total. The molecule has 3 aliphatic rings. The first-order valence-corrected chi connectivity index (χ1v) is 14.9. The molecule has 0 bridgehead atoms. The molecule has 0 saturated carbocycles. The third kappa shape index (κ3) is 13.5. The van der Waals surface area contributed by atoms with E-state index in [0.29, 0.717) is 31.4 Å². The van der Waals surface area contributed by atoms with Crippen LogP contribution in [0.5, 0.6) is 0 Å². The van der Waals surface area contributed by atoms with Gasteiger partial charge in [0.1, 0.15) is 16.4 Å². The fraction of sp³-hybridized carbons (Fsp3) is 0.536. The predicted octanol–water partition coefficient (Wildman–Crippen LogP) is 1.23. The van der Waals surface area contributed by atoms with E-state index in [2.05, 4.69) is 55.6 Å². The lowest BCUT2D eigenvalue weighted by Gasteiger charge is -2.26. The minimum atomic E-state index is -1.00. The summed E-state index contributed by atoms with van der Waals surface area (Å²) in [6.07, 6.45) is 5.11. The minimum Gasteiger partial charge on any atom is -0.400 e. The fourth-order valence-electron chi connectivity index (χ4n) is 3.98. The number of anilines is 3. The predicted molar refractivity (Wildman–Crippen MR) is 171 cm³/mol. The average Bonchev–Trinajstić information content (AvgIpc) is 3.14. The number of hydrogen-bond acceptors (Lipinski definition) is 15. The third-order valence-electron chi connectivity index (χ3n) is 6.16. The number of nitrogens with two attached hydrogens (primary N) is 1. The van der Waals surface area contributed by atoms with Crippen LogP contribution in [-0.4, -0.2) is 128 Å². The number of nitrogens with zero attached hydrogens (tertiary/aromatic N) is 10. The topological polar surface area (TPSA) is 185 Å². The van der Waals surface area contributed by atoms with E-state index >= 15 is 0 Å². The Bertz CT molecular complexity index is 1280. The summed E-state index contributed by atoms with van der Waals surface area (Å²) in [5.74, 6) is 2.15. The standard InChI is InChI=1S/C9H14N4O.C9H10N4O.C8H10BrN3O.CH3F.CH4O/c2*10-7-8-1-2-11-9(12-8)13-3-5-14-6-4-13;9-7-1-2-10-8(11-7)12-3-5-13-6-4-12;2*1-2/h1-2H,3-7,10H2;1-2H,3-6H2;1-2H,3-6H2;1H3;2H,1H3/i;;;1D;. The number of aliphatic hydroxyl groups excluding tert-OH is 1. The van der Waals surface area contributed by atoms with Crippen LogP contribution in [0.15, 0.2) is 41.4 Å². The largest absolute Gasteiger partial charge is 0.400 e. The van der Waals surface area contributed by atoms with E-state index in [0.717, 1.165) is 95.0 Å². The van der Waals surface area contributed by atoms with Gasteiger partial charge in [-0.15, -0.1) is 0 Å². The van der Waals surface area contributed by atoms with Gasteiger partial charge in [-0.2, -0.15) is 5.26 Å². The Balaban J connectivity index is 0.000000224. The summed E-state index contributed by atoms with van der Waals surface area (Å²) in [6, 6.07) is 7.26. The van der Waals surface area contributed by atoms with Gasteiger partial charge in [-0.05, 0) is 34.1 Å². The Morgan fingerprint density at radius 1 is 0.800 bits per heavy atom. The molecule has 0 atom stereocenters. The van der Waals surface area contributed by atoms with E-state index in [1.165, 1.54) is 0 Å². The summed E-state index contributed by atoms with van der Waals surface area (Å²) in [5.41, 5.74) is 6.80. The van der Waals surface area contributed by atoms with Crippen molar-refractivity contribution in [3.8, 4) is 6.07 Å². The van der Waals surface area contributed by atoms with Crippen molar-refractivity contribution in [2.75, 3.05) is 108 Å². The second-order valence-corrected chi connectivity index (χ2v) is 9.70. The molecule has 0 unspecified atom stereocenters. The summed E-state index contributed by atoms with van der Waals surface area (Å²) >= 11 is 3.32. The molecule has 3 aromatic rings. The van der Waals surface area contributed by atoms with Crippen molar-refractivity contribution in [3.63, 3.8) is 0 Å². The minimum absolute atomic E-state index is 0.404. The summed E-state index contributed by atoms with van der Waals surface area (Å²) in [7, 11) is 0. The summed E-state index contributed by atoms with van der Waals surface area (Å²) in [4.78, 5) is 31.5. The van der Waals surface area contributed by atoms with Crippen LogP contribution in [0, 0.1) is 11.3 Å². The zero-order valence-corrected chi connectivity index (χ0v) is 26.9. The molecule has 17 heteroatoms. The van der Waals surface area contributed by atoms with E-state index in [4.69, 9.17) is 31.7 Å². The number of hydrogen-bond donors (Lipinski definition) is 2. The van der Waals surface area contributed by atoms with Crippen LogP contribution in [0.25, 0.3) is 0 Å². The molecular weight excluding hydrogens is 653 g/mol. The first-order valence-electron chi connectivity index (χ1n) is 14.8. The molecule has 0 radical (unpaired) electrons. The zero-order chi connectivity index (χ0) is 33.4. The van der Waals surface area contributed by atoms with Gasteiger partial charge < -0.3 is 39.8 Å². The van der Waals surface area contributed by atoms with Crippen LogP contribution in [0.4, 0.5) is 22.2 Å². The highest BCUT2D eigenvalue weighted by atomic mass is 79.9. The Labute approximate surface area is 272 Å². The van der Waals surface area contributed by atoms with Gasteiger partial charge in [-0.1, -0.05) is 0 Å². The van der Waals surface area contributed by atoms with Gasteiger partial charge in [-0.3, -0.25) is 4.39 Å². The van der Waals surface area contributed by atoms with Crippen LogP contribution < -0.4 is 20.4 Å². The fourth-order valence-corrected chi connectivity index (χ4v) is 4.26. The second-order valence-electron chi connectivity index (χ2n) is 8.88. The van der Waals surface area contributed by atoms with Gasteiger partial charge in [0.25, 0.3) is 0 Å². The number of halogens is 2. The van der Waals surface area contributed by atoms with Crippen molar-refractivity contribution in [3.05, 3.63) is 52.8 Å². The van der Waals surface area contributed by atoms with Gasteiger partial charge in [-0.25, -0.2) is 29.9 Å². The smallest absolute Gasteiger partial charge is 0.226 e. The molecule has 3 saturated heterocycles. The lowest BCUT2D eigenvalue weighted by molar-refractivity contribution is 0.122. The van der Waals surface area contributed by atoms with E-state index in [9.17, 15) is 4.39 Å². The molecule has 45 heavy (non-hydrogen) atoms. The molecule has 6 rings (SSSR count). The highest BCUT2D eigenvalue weighted by molar-refractivity contribution is 9.10. The number of alkyl halides is 1. The number of nitriles is 1. The first-order chi connectivity index (χ1) is 22.6. The van der Waals surface area contributed by atoms with Gasteiger partial charge in [0, 0.05) is 71.5 Å². The Hall–Kier alpha value is -3.66. The SMILES string of the molecule is Brc1ccnc(N2CCOCC2)n1.CO.N#Cc1ccnc(N2CCOCC2)n1.NCc1ccnc(N2CCOCC2)n1.[2H]CF. The van der Waals surface area contributed by atoms with Crippen molar-refractivity contribution in [2.45, 2.75) is 6.54 Å². The quantitative estimate of drug-likeness (QED) is 0.371. The van der Waals surface area contributed by atoms with Crippen molar-refractivity contribution in [1.29, 1.82) is 5.26 Å². The van der Waals surface area contributed by atoms with E-state index in [-0.39, 0.29) is 0 Å². The molecule has 246 valence electrons. The van der Waals surface area contributed by atoms with E-state index in [1.54, 1.807) is 24.7 Å². The maximum atomic E-state index is 9.96. The molecule has 3 aromatic heterocycles. The molecule has 0 aromatic carbocycles. The number of rotatable bonds is 4. The summed E-state index contributed by atoms with van der Waals surface area (Å²) in [6.45, 7) is 9.89. The van der Waals surface area contributed by atoms with Crippen LogP contribution in [-0.2, 0) is 20.8 Å². The Morgan fingerprint density at radius 2 is 1.20 bits per heavy atom. The number of ether oxygens (including phenoxy) is 3. The van der Waals surface area contributed by atoms with Gasteiger partial charge in [0.05, 0.1) is 53.9 Å². The van der Waals surface area contributed by atoms with Crippen LogP contribution in [0.1, 0.15) is 12.8 Å². The molecule has 3 fully saturated rings. The zero-order valence-electron chi connectivity index (χ0n) is 26.3. The Kier molecular flexibility index (Phi) is 18.1. The summed E-state index contributed by atoms with van der Waals surface area (Å²) < 4.78 is 32.0. The monoisotopic (exact) mass is 694 g/mol. The maximum Gasteiger partial charge on any atom is 0.226 e.